The second-order valence-electron chi connectivity index (χ2n) is 7.96. The van der Waals surface area contributed by atoms with Crippen molar-refractivity contribution in [2.75, 3.05) is 13.6 Å². The van der Waals surface area contributed by atoms with Crippen molar-refractivity contribution in [2.45, 2.75) is 44.4 Å². The minimum atomic E-state index is -0.563. The molecule has 1 amide bonds. The molecule has 1 aromatic heterocycles. The second-order valence-corrected chi connectivity index (χ2v) is 7.96. The number of benzene rings is 1. The van der Waals surface area contributed by atoms with Gasteiger partial charge in [-0.25, -0.2) is 4.39 Å². The summed E-state index contributed by atoms with van der Waals surface area (Å²) in [4.78, 5) is 26.4. The van der Waals surface area contributed by atoms with E-state index in [0.717, 1.165) is 37.0 Å². The summed E-state index contributed by atoms with van der Waals surface area (Å²) in [6.07, 6.45) is 5.93. The van der Waals surface area contributed by atoms with Gasteiger partial charge in [0.1, 0.15) is 11.6 Å². The van der Waals surface area contributed by atoms with Crippen molar-refractivity contribution in [3.8, 4) is 0 Å². The van der Waals surface area contributed by atoms with Gasteiger partial charge in [0.15, 0.2) is 11.5 Å². The van der Waals surface area contributed by atoms with Crippen LogP contribution in [0.4, 0.5) is 4.39 Å². The Labute approximate surface area is 168 Å². The minimum absolute atomic E-state index is 0.0545. The van der Waals surface area contributed by atoms with Gasteiger partial charge >= 0.3 is 0 Å². The van der Waals surface area contributed by atoms with Gasteiger partial charge in [0.05, 0.1) is 12.1 Å². The van der Waals surface area contributed by atoms with Gasteiger partial charge in [0.2, 0.25) is 5.78 Å². The van der Waals surface area contributed by atoms with E-state index >= 15 is 0 Å². The van der Waals surface area contributed by atoms with Gasteiger partial charge in [-0.3, -0.25) is 9.59 Å². The monoisotopic (exact) mass is 397 g/mol. The van der Waals surface area contributed by atoms with Crippen LogP contribution in [0.25, 0.3) is 0 Å². The minimum Gasteiger partial charge on any atom is -0.503 e. The topological polar surface area (TPSA) is 70.8 Å². The number of aliphatic hydroxyl groups is 1. The van der Waals surface area contributed by atoms with E-state index in [1.807, 2.05) is 6.07 Å². The van der Waals surface area contributed by atoms with Crippen LogP contribution in [0.15, 0.2) is 46.1 Å². The number of furan rings is 1. The molecule has 0 bridgehead atoms. The molecule has 2 aliphatic rings. The lowest BCUT2D eigenvalue weighted by atomic mass is 9.87. The Morgan fingerprint density at radius 2 is 1.90 bits per heavy atom. The van der Waals surface area contributed by atoms with E-state index in [2.05, 4.69) is 0 Å². The highest BCUT2D eigenvalue weighted by atomic mass is 19.1. The molecule has 0 radical (unpaired) electrons. The molecule has 29 heavy (non-hydrogen) atoms. The maximum absolute atomic E-state index is 13.3. The molecule has 2 aromatic rings. The summed E-state index contributed by atoms with van der Waals surface area (Å²) in [7, 11) is 1.54. The van der Waals surface area contributed by atoms with Gasteiger partial charge in [-0.2, -0.15) is 0 Å². The maximum Gasteiger partial charge on any atom is 0.289 e. The predicted molar refractivity (Wildman–Crippen MR) is 105 cm³/mol. The van der Waals surface area contributed by atoms with Crippen molar-refractivity contribution in [3.63, 3.8) is 0 Å². The molecule has 1 fully saturated rings. The van der Waals surface area contributed by atoms with Crippen molar-refractivity contribution in [1.29, 1.82) is 0 Å². The molecular weight excluding hydrogens is 373 g/mol. The van der Waals surface area contributed by atoms with E-state index < -0.39 is 17.4 Å². The van der Waals surface area contributed by atoms with Gasteiger partial charge < -0.3 is 14.4 Å². The standard InChI is InChI=1S/C23H24FNO4/c1-25-13-18(21(27)23(25)28)20(26)22-16(11-14-7-9-17(24)10-8-14)12-19(29-22)15-5-3-2-4-6-15/h7-10,12,15,27H,2-6,11,13H2,1H3. The highest BCUT2D eigenvalue weighted by Crippen LogP contribution is 2.36. The summed E-state index contributed by atoms with van der Waals surface area (Å²) >= 11 is 0. The second kappa shape index (κ2) is 7.85. The van der Waals surface area contributed by atoms with Gasteiger partial charge in [0.25, 0.3) is 5.91 Å². The number of ketones is 1. The first kappa shape index (κ1) is 19.4. The lowest BCUT2D eigenvalue weighted by molar-refractivity contribution is -0.126. The quantitative estimate of drug-likeness (QED) is 0.753. The largest absolute Gasteiger partial charge is 0.503 e. The summed E-state index contributed by atoms with van der Waals surface area (Å²) < 4.78 is 19.3. The molecule has 5 nitrogen and oxygen atoms in total. The summed E-state index contributed by atoms with van der Waals surface area (Å²) in [5.41, 5.74) is 1.61. The first-order valence-corrected chi connectivity index (χ1v) is 10.0. The zero-order valence-electron chi connectivity index (χ0n) is 16.4. The Balaban J connectivity index is 1.70. The van der Waals surface area contributed by atoms with Gasteiger partial charge in [-0.15, -0.1) is 0 Å². The average molecular weight is 397 g/mol. The summed E-state index contributed by atoms with van der Waals surface area (Å²) in [5.74, 6) is -0.634. The maximum atomic E-state index is 13.3. The Kier molecular flexibility index (Phi) is 5.26. The van der Waals surface area contributed by atoms with Crippen molar-refractivity contribution < 1.29 is 23.5 Å². The first-order valence-electron chi connectivity index (χ1n) is 10.0. The number of likely N-dealkylation sites (N-methyl/N-ethyl adjacent to an activating group) is 1. The van der Waals surface area contributed by atoms with Gasteiger partial charge in [-0.05, 0) is 36.6 Å². The summed E-state index contributed by atoms with van der Waals surface area (Å²) in [6.45, 7) is 0.0545. The van der Waals surface area contributed by atoms with Crippen molar-refractivity contribution in [3.05, 3.63) is 70.1 Å². The molecule has 152 valence electrons. The number of carbonyl (C=O) groups excluding carboxylic acids is 2. The smallest absolute Gasteiger partial charge is 0.289 e. The van der Waals surface area contributed by atoms with E-state index in [-0.39, 0.29) is 29.6 Å². The molecule has 0 atom stereocenters. The molecule has 2 heterocycles. The number of rotatable bonds is 5. The number of hydrogen-bond acceptors (Lipinski definition) is 4. The number of amides is 1. The van der Waals surface area contributed by atoms with Gasteiger partial charge in [-0.1, -0.05) is 31.4 Å². The van der Waals surface area contributed by atoms with Crippen LogP contribution in [0.1, 0.15) is 65.5 Å². The molecule has 1 aromatic carbocycles. The Bertz CT molecular complexity index is 967. The highest BCUT2D eigenvalue weighted by Gasteiger charge is 2.35. The van der Waals surface area contributed by atoms with E-state index in [4.69, 9.17) is 4.42 Å². The fourth-order valence-corrected chi connectivity index (χ4v) is 4.19. The average Bonchev–Trinajstić information content (AvgIpc) is 3.26. The number of carbonyl (C=O) groups is 2. The van der Waals surface area contributed by atoms with Crippen LogP contribution in [0.3, 0.4) is 0 Å². The normalized spacial score (nSPS) is 18.0. The zero-order valence-corrected chi connectivity index (χ0v) is 16.4. The Morgan fingerprint density at radius 3 is 2.52 bits per heavy atom. The van der Waals surface area contributed by atoms with Crippen LogP contribution in [-0.2, 0) is 11.2 Å². The fraction of sp³-hybridized carbons (Fsp3) is 0.391. The SMILES string of the molecule is CN1CC(C(=O)c2oc(C3CCCCC3)cc2Cc2ccc(F)cc2)=C(O)C1=O. The highest BCUT2D eigenvalue weighted by molar-refractivity contribution is 6.14. The van der Waals surface area contributed by atoms with E-state index in [0.29, 0.717) is 12.0 Å². The molecule has 0 spiro atoms. The number of halogens is 1. The fourth-order valence-electron chi connectivity index (χ4n) is 4.19. The van der Waals surface area contributed by atoms with E-state index in [9.17, 15) is 19.1 Å². The molecule has 1 aliphatic heterocycles. The van der Waals surface area contributed by atoms with Crippen molar-refractivity contribution in [2.24, 2.45) is 0 Å². The number of aliphatic hydroxyl groups excluding tert-OH is 1. The first-order chi connectivity index (χ1) is 13.9. The third-order valence-corrected chi connectivity index (χ3v) is 5.85. The Morgan fingerprint density at radius 1 is 1.21 bits per heavy atom. The number of nitrogens with zero attached hydrogens (tertiary/aromatic N) is 1. The predicted octanol–water partition coefficient (Wildman–Crippen LogP) is 4.52. The van der Waals surface area contributed by atoms with E-state index in [1.54, 1.807) is 12.1 Å². The van der Waals surface area contributed by atoms with Crippen LogP contribution in [0.5, 0.6) is 0 Å². The molecular formula is C23H24FNO4. The van der Waals surface area contributed by atoms with Crippen LogP contribution in [0, 0.1) is 5.82 Å². The Hall–Kier alpha value is -2.89. The summed E-state index contributed by atoms with van der Waals surface area (Å²) in [5, 5.41) is 10.1. The summed E-state index contributed by atoms with van der Waals surface area (Å²) in [6, 6.07) is 8.06. The van der Waals surface area contributed by atoms with Gasteiger partial charge in [0, 0.05) is 24.9 Å². The molecule has 1 saturated carbocycles. The third kappa shape index (κ3) is 3.84. The molecule has 0 saturated heterocycles. The molecule has 1 aliphatic carbocycles. The van der Waals surface area contributed by atoms with E-state index in [1.165, 1.54) is 30.5 Å². The van der Waals surface area contributed by atoms with Crippen LogP contribution >= 0.6 is 0 Å². The third-order valence-electron chi connectivity index (χ3n) is 5.85. The zero-order chi connectivity index (χ0) is 20.5. The molecule has 1 N–H and O–H groups in total. The molecule has 0 unspecified atom stereocenters. The van der Waals surface area contributed by atoms with Crippen molar-refractivity contribution in [1.82, 2.24) is 4.90 Å². The molecule has 4 rings (SSSR count). The van der Waals surface area contributed by atoms with Crippen molar-refractivity contribution >= 4 is 11.7 Å². The molecule has 6 heteroatoms. The van der Waals surface area contributed by atoms with Crippen LogP contribution in [-0.4, -0.2) is 35.3 Å². The van der Waals surface area contributed by atoms with Crippen LogP contribution in [0.2, 0.25) is 0 Å². The van der Waals surface area contributed by atoms with Crippen LogP contribution < -0.4 is 0 Å². The lowest BCUT2D eigenvalue weighted by Crippen LogP contribution is -2.22. The number of hydrogen-bond donors (Lipinski definition) is 1. The number of Topliss-reactive ketones (excluding diaryl/α,β-unsaturated/α-hetero) is 1. The lowest BCUT2D eigenvalue weighted by Gasteiger charge is -2.19.